The first-order valence-electron chi connectivity index (χ1n) is 8.57. The summed E-state index contributed by atoms with van der Waals surface area (Å²) in [7, 11) is -4.63. The van der Waals surface area contributed by atoms with Gasteiger partial charge in [0.2, 0.25) is 9.84 Å². The highest BCUT2D eigenvalue weighted by Gasteiger charge is 2.31. The lowest BCUT2D eigenvalue weighted by atomic mass is 10.2. The Morgan fingerprint density at radius 3 is 2.19 bits per heavy atom. The van der Waals surface area contributed by atoms with E-state index < -0.39 is 15.6 Å². The molecule has 0 aliphatic carbocycles. The summed E-state index contributed by atoms with van der Waals surface area (Å²) in [6.45, 7) is 4.77. The Kier molecular flexibility index (Phi) is 5.46. The molecule has 7 heteroatoms. The van der Waals surface area contributed by atoms with E-state index in [-0.39, 0.29) is 4.90 Å². The molecular formula is C19H22F2N2O2S. The molecule has 0 N–H and O–H groups in total. The van der Waals surface area contributed by atoms with Gasteiger partial charge in [-0.25, -0.2) is 8.42 Å². The summed E-state index contributed by atoms with van der Waals surface area (Å²) in [5.41, 5.74) is 2.67. The first-order chi connectivity index (χ1) is 12.4. The van der Waals surface area contributed by atoms with Gasteiger partial charge in [0.1, 0.15) is 0 Å². The SMILES string of the molecule is Cc1ccc(N2CCCN(c3ccccc3S(=O)(=O)C(F)F)CC2)cc1. The van der Waals surface area contributed by atoms with Gasteiger partial charge in [0, 0.05) is 31.9 Å². The van der Waals surface area contributed by atoms with Crippen LogP contribution in [0.2, 0.25) is 0 Å². The van der Waals surface area contributed by atoms with Crippen molar-refractivity contribution in [2.24, 2.45) is 0 Å². The lowest BCUT2D eigenvalue weighted by Crippen LogP contribution is -2.31. The summed E-state index contributed by atoms with van der Waals surface area (Å²) in [6, 6.07) is 14.3. The Morgan fingerprint density at radius 2 is 1.50 bits per heavy atom. The van der Waals surface area contributed by atoms with Crippen molar-refractivity contribution in [3.05, 3.63) is 54.1 Å². The number of rotatable bonds is 4. The molecule has 0 saturated carbocycles. The fraction of sp³-hybridized carbons (Fsp3) is 0.368. The third-order valence-corrected chi connectivity index (χ3v) is 6.07. The van der Waals surface area contributed by atoms with E-state index in [0.29, 0.717) is 25.3 Å². The zero-order valence-electron chi connectivity index (χ0n) is 14.6. The number of nitrogens with zero attached hydrogens (tertiary/aromatic N) is 2. The number of para-hydroxylation sites is 1. The quantitative estimate of drug-likeness (QED) is 0.811. The first-order valence-corrected chi connectivity index (χ1v) is 10.1. The van der Waals surface area contributed by atoms with E-state index in [2.05, 4.69) is 29.2 Å². The highest BCUT2D eigenvalue weighted by Crippen LogP contribution is 2.30. The highest BCUT2D eigenvalue weighted by atomic mass is 32.2. The number of benzene rings is 2. The van der Waals surface area contributed by atoms with Crippen molar-refractivity contribution in [1.29, 1.82) is 0 Å². The molecule has 2 aromatic rings. The average Bonchev–Trinajstić information content (AvgIpc) is 2.88. The van der Waals surface area contributed by atoms with Crippen LogP contribution in [0.25, 0.3) is 0 Å². The smallest absolute Gasteiger partial charge is 0.341 e. The lowest BCUT2D eigenvalue weighted by molar-refractivity contribution is 0.235. The van der Waals surface area contributed by atoms with E-state index in [0.717, 1.165) is 18.7 Å². The van der Waals surface area contributed by atoms with Crippen molar-refractivity contribution in [1.82, 2.24) is 0 Å². The molecule has 0 bridgehead atoms. The third-order valence-electron chi connectivity index (χ3n) is 4.64. The topological polar surface area (TPSA) is 40.6 Å². The third kappa shape index (κ3) is 3.82. The van der Waals surface area contributed by atoms with Gasteiger partial charge in [-0.3, -0.25) is 0 Å². The molecule has 0 aromatic heterocycles. The molecular weight excluding hydrogens is 358 g/mol. The Morgan fingerprint density at radius 1 is 0.885 bits per heavy atom. The van der Waals surface area contributed by atoms with Gasteiger partial charge in [0.05, 0.1) is 10.6 Å². The molecule has 1 aliphatic rings. The minimum absolute atomic E-state index is 0.293. The van der Waals surface area contributed by atoms with Gasteiger partial charge in [-0.1, -0.05) is 29.8 Å². The van der Waals surface area contributed by atoms with E-state index in [1.54, 1.807) is 12.1 Å². The van der Waals surface area contributed by atoms with Crippen LogP contribution in [0.4, 0.5) is 20.2 Å². The number of hydrogen-bond donors (Lipinski definition) is 0. The van der Waals surface area contributed by atoms with Crippen LogP contribution in [0.3, 0.4) is 0 Å². The van der Waals surface area contributed by atoms with Crippen LogP contribution in [0, 0.1) is 6.92 Å². The van der Waals surface area contributed by atoms with Gasteiger partial charge < -0.3 is 9.80 Å². The summed E-state index contributed by atoms with van der Waals surface area (Å²) in [5.74, 6) is -3.42. The molecule has 0 atom stereocenters. The van der Waals surface area contributed by atoms with Crippen LogP contribution >= 0.6 is 0 Å². The summed E-state index contributed by atoms with van der Waals surface area (Å²) >= 11 is 0. The molecule has 0 unspecified atom stereocenters. The second-order valence-corrected chi connectivity index (χ2v) is 8.32. The molecule has 3 rings (SSSR count). The minimum atomic E-state index is -4.63. The fourth-order valence-electron chi connectivity index (χ4n) is 3.23. The van der Waals surface area contributed by atoms with Crippen LogP contribution in [-0.4, -0.2) is 40.4 Å². The number of sulfone groups is 1. The Bertz CT molecular complexity index is 854. The number of halogens is 2. The normalized spacial score (nSPS) is 16.0. The molecule has 1 aliphatic heterocycles. The zero-order chi connectivity index (χ0) is 18.7. The van der Waals surface area contributed by atoms with Gasteiger partial charge in [0.25, 0.3) is 0 Å². The number of anilines is 2. The predicted molar refractivity (Wildman–Crippen MR) is 99.9 cm³/mol. The summed E-state index contributed by atoms with van der Waals surface area (Å²) < 4.78 is 50.1. The molecule has 1 fully saturated rings. The molecule has 0 amide bonds. The van der Waals surface area contributed by atoms with Crippen LogP contribution in [0.5, 0.6) is 0 Å². The molecule has 140 valence electrons. The maximum absolute atomic E-state index is 13.0. The number of hydrogen-bond acceptors (Lipinski definition) is 4. The Hall–Kier alpha value is -2.15. The predicted octanol–water partition coefficient (Wildman–Crippen LogP) is 3.71. The van der Waals surface area contributed by atoms with E-state index >= 15 is 0 Å². The second-order valence-electron chi connectivity index (χ2n) is 6.44. The summed E-state index contributed by atoms with van der Waals surface area (Å²) in [6.07, 6.45) is 0.816. The summed E-state index contributed by atoms with van der Waals surface area (Å²) in [4.78, 5) is 3.84. The van der Waals surface area contributed by atoms with Crippen molar-refractivity contribution in [3.8, 4) is 0 Å². The van der Waals surface area contributed by atoms with E-state index in [4.69, 9.17) is 0 Å². The van der Waals surface area contributed by atoms with E-state index in [9.17, 15) is 17.2 Å². The van der Waals surface area contributed by atoms with Gasteiger partial charge >= 0.3 is 5.76 Å². The van der Waals surface area contributed by atoms with Crippen LogP contribution in [0.15, 0.2) is 53.4 Å². The first kappa shape index (κ1) is 18.6. The van der Waals surface area contributed by atoms with Crippen molar-refractivity contribution in [2.45, 2.75) is 24.0 Å². The van der Waals surface area contributed by atoms with E-state index in [1.165, 1.54) is 17.7 Å². The standard InChI is InChI=1S/C19H22F2N2O2S/c1-15-7-9-16(10-8-15)22-11-4-12-23(14-13-22)17-5-2-3-6-18(17)26(24,25)19(20)21/h2-3,5-10,19H,4,11-14H2,1H3. The minimum Gasteiger partial charge on any atom is -0.370 e. The van der Waals surface area contributed by atoms with Gasteiger partial charge in [0.15, 0.2) is 0 Å². The largest absolute Gasteiger partial charge is 0.370 e. The average molecular weight is 380 g/mol. The summed E-state index contributed by atoms with van der Waals surface area (Å²) in [5, 5.41) is 0. The van der Waals surface area contributed by atoms with Crippen molar-refractivity contribution in [2.75, 3.05) is 36.0 Å². The molecule has 2 aromatic carbocycles. The van der Waals surface area contributed by atoms with Crippen molar-refractivity contribution >= 4 is 21.2 Å². The highest BCUT2D eigenvalue weighted by molar-refractivity contribution is 7.91. The lowest BCUT2D eigenvalue weighted by Gasteiger charge is -2.26. The number of aryl methyl sites for hydroxylation is 1. The molecule has 0 radical (unpaired) electrons. The van der Waals surface area contributed by atoms with Gasteiger partial charge in [-0.2, -0.15) is 8.78 Å². The maximum Gasteiger partial charge on any atom is 0.341 e. The van der Waals surface area contributed by atoms with Crippen LogP contribution in [0.1, 0.15) is 12.0 Å². The fourth-order valence-corrected chi connectivity index (χ4v) is 4.18. The second kappa shape index (κ2) is 7.61. The molecule has 26 heavy (non-hydrogen) atoms. The van der Waals surface area contributed by atoms with E-state index in [1.807, 2.05) is 11.8 Å². The van der Waals surface area contributed by atoms with Crippen LogP contribution in [-0.2, 0) is 9.84 Å². The zero-order valence-corrected chi connectivity index (χ0v) is 15.4. The molecule has 4 nitrogen and oxygen atoms in total. The van der Waals surface area contributed by atoms with Crippen molar-refractivity contribution < 1.29 is 17.2 Å². The van der Waals surface area contributed by atoms with Gasteiger partial charge in [-0.05, 0) is 37.6 Å². The number of alkyl halides is 2. The van der Waals surface area contributed by atoms with Gasteiger partial charge in [-0.15, -0.1) is 0 Å². The molecule has 1 saturated heterocycles. The molecule has 0 spiro atoms. The Labute approximate surface area is 153 Å². The van der Waals surface area contributed by atoms with Crippen LogP contribution < -0.4 is 9.80 Å². The molecule has 1 heterocycles. The van der Waals surface area contributed by atoms with Crippen molar-refractivity contribution in [3.63, 3.8) is 0 Å². The Balaban J connectivity index is 1.83. The maximum atomic E-state index is 13.0. The monoisotopic (exact) mass is 380 g/mol.